The molecule has 0 N–H and O–H groups in total. The van der Waals surface area contributed by atoms with Crippen molar-refractivity contribution in [2.45, 2.75) is 13.5 Å². The largest absolute Gasteiger partial charge is 0.496 e. The van der Waals surface area contributed by atoms with Crippen molar-refractivity contribution in [2.24, 2.45) is 0 Å². The molecule has 2 aromatic carbocycles. The lowest BCUT2D eigenvalue weighted by atomic mass is 10.1. The zero-order valence-corrected chi connectivity index (χ0v) is 15.6. The van der Waals surface area contributed by atoms with Gasteiger partial charge < -0.3 is 14.4 Å². The van der Waals surface area contributed by atoms with Crippen LogP contribution in [0.2, 0.25) is 0 Å². The van der Waals surface area contributed by atoms with Crippen molar-refractivity contribution in [3.05, 3.63) is 57.3 Å². The van der Waals surface area contributed by atoms with Crippen LogP contribution in [-0.4, -0.2) is 32.1 Å². The van der Waals surface area contributed by atoms with Crippen LogP contribution in [0.5, 0.6) is 11.5 Å². The lowest BCUT2D eigenvalue weighted by Gasteiger charge is -2.19. The molecule has 0 spiro atoms. The maximum absolute atomic E-state index is 13.9. The molecular weight excluding hydrogens is 377 g/mol. The highest BCUT2D eigenvalue weighted by Gasteiger charge is 2.18. The predicted molar refractivity (Wildman–Crippen MR) is 94.2 cm³/mol. The molecule has 0 saturated carbocycles. The van der Waals surface area contributed by atoms with E-state index in [0.717, 1.165) is 10.0 Å². The average Bonchev–Trinajstić information content (AvgIpc) is 2.57. The van der Waals surface area contributed by atoms with E-state index in [9.17, 15) is 9.18 Å². The van der Waals surface area contributed by atoms with Crippen LogP contribution in [0.1, 0.15) is 21.5 Å². The molecule has 0 aliphatic carbocycles. The second-order valence-corrected chi connectivity index (χ2v) is 6.32. The molecule has 1 amide bonds. The Labute approximate surface area is 149 Å². The molecular formula is C18H19BrFNO3. The molecule has 128 valence electrons. The number of carbonyl (C=O) groups excluding carboxylic acids is 1. The molecule has 0 heterocycles. The first kappa shape index (κ1) is 18.3. The van der Waals surface area contributed by atoms with E-state index in [-0.39, 0.29) is 18.3 Å². The van der Waals surface area contributed by atoms with Crippen LogP contribution in [0.4, 0.5) is 4.39 Å². The monoisotopic (exact) mass is 395 g/mol. The van der Waals surface area contributed by atoms with Crippen molar-refractivity contribution in [1.82, 2.24) is 4.90 Å². The van der Waals surface area contributed by atoms with Gasteiger partial charge in [-0.05, 0) is 37.3 Å². The van der Waals surface area contributed by atoms with Crippen LogP contribution >= 0.6 is 15.9 Å². The van der Waals surface area contributed by atoms with Crippen molar-refractivity contribution in [1.29, 1.82) is 0 Å². The van der Waals surface area contributed by atoms with Gasteiger partial charge in [0.1, 0.15) is 17.3 Å². The molecule has 0 atom stereocenters. The number of carbonyl (C=O) groups is 1. The fourth-order valence-electron chi connectivity index (χ4n) is 2.42. The SMILES string of the molecule is COc1cc(C(=O)N(C)Cc2cc(Br)ccc2F)cc(OC)c1C. The van der Waals surface area contributed by atoms with Gasteiger partial charge in [-0.1, -0.05) is 15.9 Å². The van der Waals surface area contributed by atoms with E-state index in [1.165, 1.54) is 25.2 Å². The summed E-state index contributed by atoms with van der Waals surface area (Å²) < 4.78 is 25.2. The van der Waals surface area contributed by atoms with Gasteiger partial charge >= 0.3 is 0 Å². The zero-order chi connectivity index (χ0) is 17.9. The highest BCUT2D eigenvalue weighted by molar-refractivity contribution is 9.10. The summed E-state index contributed by atoms with van der Waals surface area (Å²) in [6.45, 7) is 2.01. The molecule has 0 aromatic heterocycles. The zero-order valence-electron chi connectivity index (χ0n) is 14.0. The van der Waals surface area contributed by atoms with Gasteiger partial charge in [0, 0.05) is 34.8 Å². The number of rotatable bonds is 5. The Kier molecular flexibility index (Phi) is 5.83. The molecule has 0 unspecified atom stereocenters. The van der Waals surface area contributed by atoms with E-state index < -0.39 is 0 Å². The molecule has 0 radical (unpaired) electrons. The molecule has 4 nitrogen and oxygen atoms in total. The third-order valence-corrected chi connectivity index (χ3v) is 4.25. The molecule has 2 rings (SSSR count). The number of hydrogen-bond donors (Lipinski definition) is 0. The quantitative estimate of drug-likeness (QED) is 0.761. The topological polar surface area (TPSA) is 38.8 Å². The number of halogens is 2. The Bertz CT molecular complexity index is 739. The average molecular weight is 396 g/mol. The number of amides is 1. The highest BCUT2D eigenvalue weighted by Crippen LogP contribution is 2.30. The van der Waals surface area contributed by atoms with Crippen molar-refractivity contribution in [2.75, 3.05) is 21.3 Å². The Morgan fingerprint density at radius 3 is 2.29 bits per heavy atom. The number of benzene rings is 2. The van der Waals surface area contributed by atoms with Gasteiger partial charge in [0.25, 0.3) is 5.91 Å². The Balaban J connectivity index is 2.29. The predicted octanol–water partition coefficient (Wildman–Crippen LogP) is 4.19. The van der Waals surface area contributed by atoms with E-state index in [1.54, 1.807) is 31.3 Å². The molecule has 0 aliphatic rings. The summed E-state index contributed by atoms with van der Waals surface area (Å²) in [5, 5.41) is 0. The van der Waals surface area contributed by atoms with Crippen LogP contribution in [-0.2, 0) is 6.54 Å². The van der Waals surface area contributed by atoms with Crippen molar-refractivity contribution >= 4 is 21.8 Å². The molecule has 0 fully saturated rings. The number of hydrogen-bond acceptors (Lipinski definition) is 3. The fourth-order valence-corrected chi connectivity index (χ4v) is 2.83. The summed E-state index contributed by atoms with van der Waals surface area (Å²) in [5.41, 5.74) is 1.68. The second-order valence-electron chi connectivity index (χ2n) is 5.40. The number of methoxy groups -OCH3 is 2. The first-order valence-electron chi connectivity index (χ1n) is 7.29. The van der Waals surface area contributed by atoms with Crippen LogP contribution in [0.25, 0.3) is 0 Å². The van der Waals surface area contributed by atoms with Crippen molar-refractivity contribution in [3.63, 3.8) is 0 Å². The first-order chi connectivity index (χ1) is 11.4. The summed E-state index contributed by atoms with van der Waals surface area (Å²) in [4.78, 5) is 14.1. The van der Waals surface area contributed by atoms with E-state index in [0.29, 0.717) is 22.6 Å². The minimum Gasteiger partial charge on any atom is -0.496 e. The summed E-state index contributed by atoms with van der Waals surface area (Å²) >= 11 is 3.31. The second kappa shape index (κ2) is 7.66. The minimum absolute atomic E-state index is 0.155. The summed E-state index contributed by atoms with van der Waals surface area (Å²) in [6.07, 6.45) is 0. The normalized spacial score (nSPS) is 10.4. The Morgan fingerprint density at radius 1 is 1.17 bits per heavy atom. The third-order valence-electron chi connectivity index (χ3n) is 3.76. The highest BCUT2D eigenvalue weighted by atomic mass is 79.9. The third kappa shape index (κ3) is 3.87. The van der Waals surface area contributed by atoms with Crippen LogP contribution in [0.3, 0.4) is 0 Å². The maximum Gasteiger partial charge on any atom is 0.254 e. The van der Waals surface area contributed by atoms with Crippen LogP contribution in [0.15, 0.2) is 34.8 Å². The number of ether oxygens (including phenoxy) is 2. The van der Waals surface area contributed by atoms with Gasteiger partial charge in [-0.3, -0.25) is 4.79 Å². The molecule has 0 bridgehead atoms. The first-order valence-corrected chi connectivity index (χ1v) is 8.08. The van der Waals surface area contributed by atoms with Gasteiger partial charge in [0.2, 0.25) is 0 Å². The van der Waals surface area contributed by atoms with Gasteiger partial charge in [-0.25, -0.2) is 4.39 Å². The molecule has 0 aliphatic heterocycles. The Hall–Kier alpha value is -2.08. The summed E-state index contributed by atoms with van der Waals surface area (Å²) in [5.74, 6) is 0.544. The molecule has 2 aromatic rings. The lowest BCUT2D eigenvalue weighted by molar-refractivity contribution is 0.0783. The van der Waals surface area contributed by atoms with Gasteiger partial charge in [-0.15, -0.1) is 0 Å². The smallest absolute Gasteiger partial charge is 0.254 e. The van der Waals surface area contributed by atoms with Crippen molar-refractivity contribution < 1.29 is 18.7 Å². The van der Waals surface area contributed by atoms with Gasteiger partial charge in [-0.2, -0.15) is 0 Å². The van der Waals surface area contributed by atoms with E-state index in [2.05, 4.69) is 15.9 Å². The lowest BCUT2D eigenvalue weighted by Crippen LogP contribution is -2.26. The van der Waals surface area contributed by atoms with Crippen LogP contribution in [0, 0.1) is 12.7 Å². The van der Waals surface area contributed by atoms with E-state index in [1.807, 2.05) is 6.92 Å². The standard InChI is InChI=1S/C18H19BrFNO3/c1-11-16(23-3)8-12(9-17(11)24-4)18(22)21(2)10-13-7-14(19)5-6-15(13)20/h5-9H,10H2,1-4H3. The minimum atomic E-state index is -0.350. The number of nitrogens with zero attached hydrogens (tertiary/aromatic N) is 1. The van der Waals surface area contributed by atoms with Gasteiger partial charge in [0.15, 0.2) is 0 Å². The molecule has 24 heavy (non-hydrogen) atoms. The van der Waals surface area contributed by atoms with E-state index >= 15 is 0 Å². The molecule has 0 saturated heterocycles. The van der Waals surface area contributed by atoms with Gasteiger partial charge in [0.05, 0.1) is 14.2 Å². The fraction of sp³-hybridized carbons (Fsp3) is 0.278. The van der Waals surface area contributed by atoms with E-state index in [4.69, 9.17) is 9.47 Å². The summed E-state index contributed by atoms with van der Waals surface area (Å²) in [7, 11) is 4.70. The Morgan fingerprint density at radius 2 is 1.75 bits per heavy atom. The summed E-state index contributed by atoms with van der Waals surface area (Å²) in [6, 6.07) is 7.98. The van der Waals surface area contributed by atoms with Crippen molar-refractivity contribution in [3.8, 4) is 11.5 Å². The molecule has 6 heteroatoms. The van der Waals surface area contributed by atoms with Crippen LogP contribution < -0.4 is 9.47 Å². The maximum atomic E-state index is 13.9.